The third-order valence-corrected chi connectivity index (χ3v) is 6.19. The monoisotopic (exact) mass is 390 g/mol. The first-order valence-corrected chi connectivity index (χ1v) is 10.6. The van der Waals surface area contributed by atoms with Crippen LogP contribution in [-0.4, -0.2) is 36.0 Å². The molecule has 4 nitrogen and oxygen atoms in total. The number of carbonyl (C=O) groups excluding carboxylic acids is 1. The number of aryl methyl sites for hydroxylation is 2. The maximum atomic E-state index is 12.6. The van der Waals surface area contributed by atoms with Crippen LogP contribution in [0.5, 0.6) is 5.75 Å². The summed E-state index contributed by atoms with van der Waals surface area (Å²) in [5.41, 5.74) is 5.10. The van der Waals surface area contributed by atoms with Gasteiger partial charge in [0.15, 0.2) is 0 Å². The fourth-order valence-corrected chi connectivity index (χ4v) is 4.38. The van der Waals surface area contributed by atoms with Crippen LogP contribution in [0.4, 0.5) is 0 Å². The topological polar surface area (TPSA) is 45.3 Å². The van der Waals surface area contributed by atoms with Crippen molar-refractivity contribution in [3.05, 3.63) is 65.4 Å². The Morgan fingerprint density at radius 1 is 1.14 bits per heavy atom. The van der Waals surface area contributed by atoms with Crippen LogP contribution in [0.3, 0.4) is 0 Å². The Morgan fingerprint density at radius 3 is 2.62 bits per heavy atom. The summed E-state index contributed by atoms with van der Waals surface area (Å²) in [6.07, 6.45) is 6.71. The lowest BCUT2D eigenvalue weighted by Crippen LogP contribution is -2.37. The first-order chi connectivity index (χ1) is 14.1. The average Bonchev–Trinajstić information content (AvgIpc) is 3.18. The van der Waals surface area contributed by atoms with E-state index in [9.17, 15) is 4.79 Å². The van der Waals surface area contributed by atoms with E-state index in [2.05, 4.69) is 59.4 Å². The highest BCUT2D eigenvalue weighted by Crippen LogP contribution is 2.34. The number of piperidine rings is 1. The zero-order valence-electron chi connectivity index (χ0n) is 17.4. The molecular weight excluding hydrogens is 360 g/mol. The van der Waals surface area contributed by atoms with E-state index in [4.69, 9.17) is 4.74 Å². The van der Waals surface area contributed by atoms with Crippen molar-refractivity contribution in [2.24, 2.45) is 0 Å². The van der Waals surface area contributed by atoms with Crippen LogP contribution in [0, 0.1) is 6.92 Å². The highest BCUT2D eigenvalue weighted by Gasteiger charge is 2.25. The lowest BCUT2D eigenvalue weighted by Gasteiger charge is -2.32. The van der Waals surface area contributed by atoms with Gasteiger partial charge in [-0.3, -0.25) is 4.79 Å². The second kappa shape index (κ2) is 8.73. The van der Waals surface area contributed by atoms with Gasteiger partial charge in [-0.2, -0.15) is 0 Å². The molecule has 2 aromatic carbocycles. The summed E-state index contributed by atoms with van der Waals surface area (Å²) in [6.45, 7) is 3.80. The van der Waals surface area contributed by atoms with E-state index in [1.54, 1.807) is 7.11 Å². The molecule has 1 N–H and O–H groups in total. The number of methoxy groups -OCH3 is 1. The molecule has 0 bridgehead atoms. The van der Waals surface area contributed by atoms with Gasteiger partial charge >= 0.3 is 0 Å². The minimum Gasteiger partial charge on any atom is -0.497 e. The predicted molar refractivity (Wildman–Crippen MR) is 118 cm³/mol. The Morgan fingerprint density at radius 2 is 1.90 bits per heavy atom. The molecule has 4 rings (SSSR count). The molecule has 1 amide bonds. The summed E-state index contributed by atoms with van der Waals surface area (Å²) in [7, 11) is 1.70. The third-order valence-electron chi connectivity index (χ3n) is 6.19. The average molecular weight is 391 g/mol. The second-order valence-corrected chi connectivity index (χ2v) is 8.15. The lowest BCUT2D eigenvalue weighted by molar-refractivity contribution is -0.132. The Balaban J connectivity index is 1.30. The number of hydrogen-bond acceptors (Lipinski definition) is 2. The first-order valence-electron chi connectivity index (χ1n) is 10.6. The number of hydrogen-bond donors (Lipinski definition) is 1. The minimum atomic E-state index is 0.302. The molecule has 29 heavy (non-hydrogen) atoms. The number of likely N-dealkylation sites (tertiary alicyclic amines) is 1. The second-order valence-electron chi connectivity index (χ2n) is 8.15. The SMILES string of the molecule is COc1ccc2[nH]cc(C3CCN(C(=O)CCCc4ccc(C)cc4)CC3)c2c1. The van der Waals surface area contributed by atoms with E-state index in [0.717, 1.165) is 50.0 Å². The van der Waals surface area contributed by atoms with Crippen LogP contribution in [-0.2, 0) is 11.2 Å². The van der Waals surface area contributed by atoms with Gasteiger partial charge in [-0.05, 0) is 67.9 Å². The third kappa shape index (κ3) is 4.47. The molecule has 2 heterocycles. The van der Waals surface area contributed by atoms with Crippen LogP contribution in [0.25, 0.3) is 10.9 Å². The maximum absolute atomic E-state index is 12.6. The molecule has 0 spiro atoms. The van der Waals surface area contributed by atoms with E-state index >= 15 is 0 Å². The quantitative estimate of drug-likeness (QED) is 0.628. The number of carbonyl (C=O) groups is 1. The molecule has 1 aliphatic rings. The van der Waals surface area contributed by atoms with Crippen molar-refractivity contribution in [1.82, 2.24) is 9.88 Å². The van der Waals surface area contributed by atoms with Gasteiger partial charge < -0.3 is 14.6 Å². The van der Waals surface area contributed by atoms with Gasteiger partial charge in [-0.1, -0.05) is 29.8 Å². The van der Waals surface area contributed by atoms with Gasteiger partial charge in [0.25, 0.3) is 0 Å². The first kappa shape index (κ1) is 19.6. The number of nitrogens with one attached hydrogen (secondary N) is 1. The summed E-state index contributed by atoms with van der Waals surface area (Å²) in [4.78, 5) is 18.1. The fraction of sp³-hybridized carbons (Fsp3) is 0.400. The smallest absolute Gasteiger partial charge is 0.222 e. The number of nitrogens with zero attached hydrogens (tertiary/aromatic N) is 1. The zero-order chi connectivity index (χ0) is 20.2. The van der Waals surface area contributed by atoms with E-state index in [1.165, 1.54) is 22.1 Å². The molecule has 0 unspecified atom stereocenters. The van der Waals surface area contributed by atoms with Crippen molar-refractivity contribution in [3.8, 4) is 5.75 Å². The number of amides is 1. The van der Waals surface area contributed by atoms with Crippen molar-refractivity contribution in [2.45, 2.75) is 44.9 Å². The molecule has 1 aliphatic heterocycles. The van der Waals surface area contributed by atoms with Crippen LogP contribution >= 0.6 is 0 Å². The Kier molecular flexibility index (Phi) is 5.89. The molecule has 4 heteroatoms. The van der Waals surface area contributed by atoms with Crippen LogP contribution in [0.1, 0.15) is 48.3 Å². The molecule has 152 valence electrons. The van der Waals surface area contributed by atoms with Crippen LogP contribution in [0.2, 0.25) is 0 Å². The van der Waals surface area contributed by atoms with Gasteiger partial charge in [0.05, 0.1) is 7.11 Å². The molecule has 0 radical (unpaired) electrons. The number of aromatic amines is 1. The summed E-state index contributed by atoms with van der Waals surface area (Å²) in [5.74, 6) is 1.68. The van der Waals surface area contributed by atoms with Crippen molar-refractivity contribution in [3.63, 3.8) is 0 Å². The van der Waals surface area contributed by atoms with E-state index in [-0.39, 0.29) is 0 Å². The molecule has 3 aromatic rings. The van der Waals surface area contributed by atoms with Crippen molar-refractivity contribution >= 4 is 16.8 Å². The van der Waals surface area contributed by atoms with Crippen molar-refractivity contribution < 1.29 is 9.53 Å². The van der Waals surface area contributed by atoms with E-state index in [1.807, 2.05) is 6.07 Å². The minimum absolute atomic E-state index is 0.302. The summed E-state index contributed by atoms with van der Waals surface area (Å²) in [6, 6.07) is 14.8. The molecule has 1 saturated heterocycles. The van der Waals surface area contributed by atoms with Crippen molar-refractivity contribution in [2.75, 3.05) is 20.2 Å². The fourth-order valence-electron chi connectivity index (χ4n) is 4.38. The highest BCUT2D eigenvalue weighted by molar-refractivity contribution is 5.85. The maximum Gasteiger partial charge on any atom is 0.222 e. The number of rotatable bonds is 6. The standard InChI is InChI=1S/C25H30N2O2/c1-18-6-8-19(9-7-18)4-3-5-25(28)27-14-12-20(13-15-27)23-17-26-24-11-10-21(29-2)16-22(23)24/h6-11,16-17,20,26H,3-5,12-15H2,1-2H3. The van der Waals surface area contributed by atoms with Gasteiger partial charge in [-0.25, -0.2) is 0 Å². The van der Waals surface area contributed by atoms with Gasteiger partial charge in [0.2, 0.25) is 5.91 Å². The highest BCUT2D eigenvalue weighted by atomic mass is 16.5. The number of H-pyrrole nitrogens is 1. The van der Waals surface area contributed by atoms with Gasteiger partial charge in [-0.15, -0.1) is 0 Å². The lowest BCUT2D eigenvalue weighted by atomic mass is 9.89. The molecule has 0 saturated carbocycles. The van der Waals surface area contributed by atoms with Crippen molar-refractivity contribution in [1.29, 1.82) is 0 Å². The van der Waals surface area contributed by atoms with E-state index in [0.29, 0.717) is 18.2 Å². The zero-order valence-corrected chi connectivity index (χ0v) is 17.4. The number of aromatic nitrogens is 1. The molecule has 1 aromatic heterocycles. The largest absolute Gasteiger partial charge is 0.497 e. The molecule has 0 aliphatic carbocycles. The number of benzene rings is 2. The van der Waals surface area contributed by atoms with Crippen LogP contribution < -0.4 is 4.74 Å². The Hall–Kier alpha value is -2.75. The Bertz CT molecular complexity index is 966. The van der Waals surface area contributed by atoms with Gasteiger partial charge in [0, 0.05) is 36.6 Å². The predicted octanol–water partition coefficient (Wildman–Crippen LogP) is 5.21. The van der Waals surface area contributed by atoms with Crippen LogP contribution in [0.15, 0.2) is 48.7 Å². The normalized spacial score (nSPS) is 15.0. The summed E-state index contributed by atoms with van der Waals surface area (Å²) >= 11 is 0. The molecular formula is C25H30N2O2. The summed E-state index contributed by atoms with van der Waals surface area (Å²) < 4.78 is 5.39. The summed E-state index contributed by atoms with van der Waals surface area (Å²) in [5, 5.41) is 1.24. The number of fused-ring (bicyclic) bond motifs is 1. The van der Waals surface area contributed by atoms with Gasteiger partial charge in [0.1, 0.15) is 5.75 Å². The Labute approximate surface area is 172 Å². The van der Waals surface area contributed by atoms with E-state index < -0.39 is 0 Å². The molecule has 0 atom stereocenters. The number of ether oxygens (including phenoxy) is 1. The molecule has 1 fully saturated rings.